The van der Waals surface area contributed by atoms with Gasteiger partial charge >= 0.3 is 5.97 Å². The van der Waals surface area contributed by atoms with Crippen LogP contribution in [0.5, 0.6) is 5.75 Å². The summed E-state index contributed by atoms with van der Waals surface area (Å²) in [5.41, 5.74) is 7.50. The van der Waals surface area contributed by atoms with Crippen molar-refractivity contribution in [1.29, 1.82) is 0 Å². The minimum Gasteiger partial charge on any atom is -0.497 e. The van der Waals surface area contributed by atoms with Crippen molar-refractivity contribution in [2.24, 2.45) is 0 Å². The number of methoxy groups -OCH3 is 2. The number of hydrogen-bond acceptors (Lipinski definition) is 7. The van der Waals surface area contributed by atoms with Gasteiger partial charge in [-0.05, 0) is 42.2 Å². The van der Waals surface area contributed by atoms with Crippen LogP contribution in [0.25, 0.3) is 0 Å². The van der Waals surface area contributed by atoms with Crippen molar-refractivity contribution in [2.45, 2.75) is 21.1 Å². The van der Waals surface area contributed by atoms with Crippen LogP contribution >= 0.6 is 23.5 Å². The second-order valence-electron chi connectivity index (χ2n) is 5.18. The molecule has 0 aromatic heterocycles. The number of aliphatic hydroxyl groups is 1. The largest absolute Gasteiger partial charge is 0.497 e. The van der Waals surface area contributed by atoms with Gasteiger partial charge in [0, 0.05) is 15.5 Å². The molecular weight excluding hydrogens is 358 g/mol. The van der Waals surface area contributed by atoms with Crippen LogP contribution in [0.3, 0.4) is 0 Å². The summed E-state index contributed by atoms with van der Waals surface area (Å²) in [4.78, 5) is 13.7. The standard InChI is InChI=1S/C18H21NO4S2/c1-22-12-6-4-11(5-7-12)17(16(20)18(21)23-2)25-15-9-8-13(24-3)10-14(15)19/h4-10,16-17,20H,19H2,1-3H3/t16-,17+/m0/s1. The summed E-state index contributed by atoms with van der Waals surface area (Å²) in [6.45, 7) is 0. The molecular formula is C18H21NO4S2. The Kier molecular flexibility index (Phi) is 7.04. The summed E-state index contributed by atoms with van der Waals surface area (Å²) in [6.07, 6.45) is 0.658. The molecule has 5 nitrogen and oxygen atoms in total. The Hall–Kier alpha value is -1.83. The third-order valence-electron chi connectivity index (χ3n) is 3.64. The van der Waals surface area contributed by atoms with Gasteiger partial charge in [-0.2, -0.15) is 0 Å². The Labute approximate surface area is 155 Å². The van der Waals surface area contributed by atoms with E-state index in [1.807, 2.05) is 36.6 Å². The molecule has 0 saturated carbocycles. The molecule has 2 aromatic carbocycles. The van der Waals surface area contributed by atoms with E-state index < -0.39 is 17.3 Å². The maximum atomic E-state index is 11.9. The Morgan fingerprint density at radius 3 is 2.36 bits per heavy atom. The number of carbonyl (C=O) groups excluding carboxylic acids is 1. The summed E-state index contributed by atoms with van der Waals surface area (Å²) in [7, 11) is 2.83. The highest BCUT2D eigenvalue weighted by Gasteiger charge is 2.30. The average molecular weight is 380 g/mol. The molecule has 2 rings (SSSR count). The Bertz CT molecular complexity index is 722. The van der Waals surface area contributed by atoms with E-state index in [0.717, 1.165) is 15.4 Å². The van der Waals surface area contributed by atoms with Crippen LogP contribution in [-0.2, 0) is 9.53 Å². The van der Waals surface area contributed by atoms with Crippen molar-refractivity contribution in [1.82, 2.24) is 0 Å². The van der Waals surface area contributed by atoms with Gasteiger partial charge < -0.3 is 20.3 Å². The summed E-state index contributed by atoms with van der Waals surface area (Å²) < 4.78 is 9.86. The second-order valence-corrected chi connectivity index (χ2v) is 7.25. The monoisotopic (exact) mass is 379 g/mol. The molecule has 0 radical (unpaired) electrons. The van der Waals surface area contributed by atoms with E-state index >= 15 is 0 Å². The molecule has 0 unspecified atom stereocenters. The van der Waals surface area contributed by atoms with Crippen LogP contribution in [0.2, 0.25) is 0 Å². The topological polar surface area (TPSA) is 81.8 Å². The molecule has 2 atom stereocenters. The van der Waals surface area contributed by atoms with Crippen molar-refractivity contribution >= 4 is 35.2 Å². The molecule has 134 valence electrons. The first-order valence-corrected chi connectivity index (χ1v) is 9.60. The van der Waals surface area contributed by atoms with Crippen molar-refractivity contribution < 1.29 is 19.4 Å². The van der Waals surface area contributed by atoms with Gasteiger partial charge in [0.1, 0.15) is 5.75 Å². The van der Waals surface area contributed by atoms with Crippen molar-refractivity contribution in [3.8, 4) is 5.75 Å². The van der Waals surface area contributed by atoms with Crippen molar-refractivity contribution in [3.05, 3.63) is 48.0 Å². The Morgan fingerprint density at radius 1 is 1.16 bits per heavy atom. The molecule has 0 bridgehead atoms. The fourth-order valence-electron chi connectivity index (χ4n) is 2.25. The SMILES string of the molecule is COC(=O)[C@@H](O)[C@H](Sc1ccc(SC)cc1N)c1ccc(OC)cc1. The van der Waals surface area contributed by atoms with Gasteiger partial charge in [0.15, 0.2) is 6.10 Å². The van der Waals surface area contributed by atoms with E-state index in [1.165, 1.54) is 18.9 Å². The van der Waals surface area contributed by atoms with Crippen molar-refractivity contribution in [3.63, 3.8) is 0 Å². The zero-order valence-corrected chi connectivity index (χ0v) is 15.9. The first-order chi connectivity index (χ1) is 12.0. The lowest BCUT2D eigenvalue weighted by molar-refractivity contribution is -0.150. The van der Waals surface area contributed by atoms with Gasteiger partial charge in [-0.1, -0.05) is 12.1 Å². The molecule has 0 aliphatic rings. The number of anilines is 1. The van der Waals surface area contributed by atoms with Gasteiger partial charge in [0.25, 0.3) is 0 Å². The van der Waals surface area contributed by atoms with Crippen LogP contribution in [0.15, 0.2) is 52.3 Å². The summed E-state index contributed by atoms with van der Waals surface area (Å²) in [6, 6.07) is 12.9. The van der Waals surface area contributed by atoms with Crippen LogP contribution < -0.4 is 10.5 Å². The highest BCUT2D eigenvalue weighted by Crippen LogP contribution is 2.41. The zero-order valence-electron chi connectivity index (χ0n) is 14.3. The van der Waals surface area contributed by atoms with E-state index in [-0.39, 0.29) is 0 Å². The number of benzene rings is 2. The molecule has 0 spiro atoms. The molecule has 0 heterocycles. The quantitative estimate of drug-likeness (QED) is 0.434. The summed E-state index contributed by atoms with van der Waals surface area (Å²) >= 11 is 2.93. The van der Waals surface area contributed by atoms with Crippen LogP contribution in [0.4, 0.5) is 5.69 Å². The highest BCUT2D eigenvalue weighted by molar-refractivity contribution is 8.00. The first kappa shape index (κ1) is 19.5. The maximum Gasteiger partial charge on any atom is 0.336 e. The van der Waals surface area contributed by atoms with E-state index in [4.69, 9.17) is 15.2 Å². The fraction of sp³-hybridized carbons (Fsp3) is 0.278. The number of aliphatic hydroxyl groups excluding tert-OH is 1. The lowest BCUT2D eigenvalue weighted by Gasteiger charge is -2.22. The fourth-order valence-corrected chi connectivity index (χ4v) is 3.85. The lowest BCUT2D eigenvalue weighted by atomic mass is 10.1. The van der Waals surface area contributed by atoms with Gasteiger partial charge in [0.2, 0.25) is 0 Å². The van der Waals surface area contributed by atoms with Crippen LogP contribution in [0, 0.1) is 0 Å². The van der Waals surface area contributed by atoms with E-state index in [2.05, 4.69) is 0 Å². The normalized spacial score (nSPS) is 13.1. The van der Waals surface area contributed by atoms with Gasteiger partial charge in [0.05, 0.1) is 19.5 Å². The first-order valence-electron chi connectivity index (χ1n) is 7.50. The Morgan fingerprint density at radius 2 is 1.84 bits per heavy atom. The number of ether oxygens (including phenoxy) is 2. The summed E-state index contributed by atoms with van der Waals surface area (Å²) in [5, 5.41) is 9.88. The third-order valence-corrected chi connectivity index (χ3v) is 5.78. The molecule has 7 heteroatoms. The lowest BCUT2D eigenvalue weighted by Crippen LogP contribution is -2.27. The van der Waals surface area contributed by atoms with E-state index in [9.17, 15) is 9.90 Å². The van der Waals surface area contributed by atoms with E-state index in [1.54, 1.807) is 31.0 Å². The number of thioether (sulfide) groups is 2. The highest BCUT2D eigenvalue weighted by atomic mass is 32.2. The molecule has 0 aliphatic carbocycles. The molecule has 0 saturated heterocycles. The second kappa shape index (κ2) is 9.03. The number of hydrogen-bond donors (Lipinski definition) is 2. The predicted molar refractivity (Wildman–Crippen MR) is 102 cm³/mol. The molecule has 0 aliphatic heterocycles. The van der Waals surface area contributed by atoms with Gasteiger partial charge in [-0.15, -0.1) is 23.5 Å². The van der Waals surface area contributed by atoms with Gasteiger partial charge in [-0.25, -0.2) is 4.79 Å². The van der Waals surface area contributed by atoms with Crippen molar-refractivity contribution in [2.75, 3.05) is 26.2 Å². The predicted octanol–water partition coefficient (Wildman–Crippen LogP) is 3.37. The molecule has 0 amide bonds. The number of rotatable bonds is 7. The molecule has 25 heavy (non-hydrogen) atoms. The molecule has 2 aromatic rings. The maximum absolute atomic E-state index is 11.9. The molecule has 0 fully saturated rings. The van der Waals surface area contributed by atoms with Crippen LogP contribution in [0.1, 0.15) is 10.8 Å². The average Bonchev–Trinajstić information content (AvgIpc) is 2.65. The van der Waals surface area contributed by atoms with E-state index in [0.29, 0.717) is 11.4 Å². The van der Waals surface area contributed by atoms with Gasteiger partial charge in [-0.3, -0.25) is 0 Å². The zero-order chi connectivity index (χ0) is 18.4. The minimum atomic E-state index is -1.32. The minimum absolute atomic E-state index is 0.555. The number of carbonyl (C=O) groups is 1. The molecule has 3 N–H and O–H groups in total. The number of nitrogen functional groups attached to an aromatic ring is 1. The number of esters is 1. The summed E-state index contributed by atoms with van der Waals surface area (Å²) in [5.74, 6) is 0.0107. The third kappa shape index (κ3) is 4.84. The smallest absolute Gasteiger partial charge is 0.336 e. The Balaban J connectivity index is 2.35. The van der Waals surface area contributed by atoms with Crippen LogP contribution in [-0.4, -0.2) is 37.7 Å². The number of nitrogens with two attached hydrogens (primary N) is 1.